The summed E-state index contributed by atoms with van der Waals surface area (Å²) in [6, 6.07) is 5.48. The van der Waals surface area contributed by atoms with Crippen molar-refractivity contribution in [3.63, 3.8) is 0 Å². The molecule has 0 atom stereocenters. The van der Waals surface area contributed by atoms with E-state index in [1.807, 2.05) is 0 Å². The van der Waals surface area contributed by atoms with Crippen molar-refractivity contribution >= 4 is 27.2 Å². The number of nitrogen functional groups attached to an aromatic ring is 1. The van der Waals surface area contributed by atoms with E-state index in [-0.39, 0.29) is 11.5 Å². The first kappa shape index (κ1) is 14.7. The van der Waals surface area contributed by atoms with Gasteiger partial charge in [-0.15, -0.1) is 0 Å². The number of benzene rings is 1. The third-order valence-corrected chi connectivity index (χ3v) is 3.87. The molecule has 0 aliphatic carbocycles. The van der Waals surface area contributed by atoms with Crippen molar-refractivity contribution in [1.29, 1.82) is 0 Å². The highest BCUT2D eigenvalue weighted by Crippen LogP contribution is 2.28. The van der Waals surface area contributed by atoms with Crippen LogP contribution in [0.3, 0.4) is 0 Å². The monoisotopic (exact) mass is 312 g/mol. The van der Waals surface area contributed by atoms with Gasteiger partial charge in [-0.2, -0.15) is 4.39 Å². The van der Waals surface area contributed by atoms with Crippen LogP contribution in [0.1, 0.15) is 0 Å². The first-order valence-corrected chi connectivity index (χ1v) is 6.97. The summed E-state index contributed by atoms with van der Waals surface area (Å²) >= 11 is 0. The van der Waals surface area contributed by atoms with Gasteiger partial charge in [0.2, 0.25) is 5.82 Å². The second-order valence-corrected chi connectivity index (χ2v) is 5.57. The minimum Gasteiger partial charge on any atom is -0.384 e. The van der Waals surface area contributed by atoms with Gasteiger partial charge in [-0.3, -0.25) is 14.8 Å². The van der Waals surface area contributed by atoms with Crippen LogP contribution in [-0.4, -0.2) is 18.3 Å². The van der Waals surface area contributed by atoms with Crippen LogP contribution < -0.4 is 10.5 Å². The number of para-hydroxylation sites is 1. The summed E-state index contributed by atoms with van der Waals surface area (Å²) in [5.74, 6) is -1.06. The molecule has 8 nitrogen and oxygen atoms in total. The summed E-state index contributed by atoms with van der Waals surface area (Å²) in [6.45, 7) is 0. The average Bonchev–Trinajstić information content (AvgIpc) is 2.40. The third kappa shape index (κ3) is 3.05. The van der Waals surface area contributed by atoms with E-state index in [9.17, 15) is 22.9 Å². The van der Waals surface area contributed by atoms with Gasteiger partial charge in [-0.1, -0.05) is 6.07 Å². The largest absolute Gasteiger partial charge is 0.384 e. The van der Waals surface area contributed by atoms with Gasteiger partial charge in [-0.05, 0) is 24.3 Å². The first-order valence-electron chi connectivity index (χ1n) is 5.48. The van der Waals surface area contributed by atoms with Gasteiger partial charge in [0.05, 0.1) is 16.8 Å². The predicted molar refractivity (Wildman–Crippen MR) is 72.5 cm³/mol. The maximum atomic E-state index is 13.5. The van der Waals surface area contributed by atoms with Crippen molar-refractivity contribution in [2.75, 3.05) is 10.5 Å². The highest BCUT2D eigenvalue weighted by Gasteiger charge is 2.29. The lowest BCUT2D eigenvalue weighted by Gasteiger charge is -2.08. The molecule has 0 radical (unpaired) electrons. The molecule has 0 saturated heterocycles. The molecule has 2 aromatic rings. The zero-order valence-electron chi connectivity index (χ0n) is 10.4. The van der Waals surface area contributed by atoms with E-state index in [4.69, 9.17) is 5.73 Å². The normalized spacial score (nSPS) is 11.1. The lowest BCUT2D eigenvalue weighted by Crippen LogP contribution is -2.15. The van der Waals surface area contributed by atoms with Crippen molar-refractivity contribution < 1.29 is 17.7 Å². The number of halogens is 1. The molecule has 0 amide bonds. The van der Waals surface area contributed by atoms with Crippen LogP contribution >= 0.6 is 0 Å². The van der Waals surface area contributed by atoms with Crippen molar-refractivity contribution in [3.8, 4) is 0 Å². The zero-order chi connectivity index (χ0) is 15.6. The van der Waals surface area contributed by atoms with Crippen LogP contribution in [0.25, 0.3) is 0 Å². The number of hydrogen-bond acceptors (Lipinski definition) is 6. The molecule has 2 rings (SSSR count). The molecular weight excluding hydrogens is 303 g/mol. The van der Waals surface area contributed by atoms with Gasteiger partial charge in [0.15, 0.2) is 4.90 Å². The molecule has 0 saturated carbocycles. The number of pyridine rings is 1. The molecule has 1 aromatic heterocycles. The summed E-state index contributed by atoms with van der Waals surface area (Å²) in [7, 11) is -4.34. The summed E-state index contributed by atoms with van der Waals surface area (Å²) in [5.41, 5.74) is 4.29. The Morgan fingerprint density at radius 2 is 2.00 bits per heavy atom. The Bertz CT molecular complexity index is 792. The standard InChI is InChI=1S/C11H9FN4O4S/c12-8-2-1-3-9(11(8)16(17)18)21(19,20)15-7-4-5-10(13)14-6-7/h1-6,15H,(H2,13,14). The molecule has 0 bridgehead atoms. The Balaban J connectivity index is 2.47. The Morgan fingerprint density at radius 1 is 1.29 bits per heavy atom. The molecule has 21 heavy (non-hydrogen) atoms. The van der Waals surface area contributed by atoms with E-state index in [1.54, 1.807) is 0 Å². The number of aromatic nitrogens is 1. The average molecular weight is 312 g/mol. The minimum absolute atomic E-state index is 0.0442. The van der Waals surface area contributed by atoms with E-state index in [1.165, 1.54) is 12.1 Å². The van der Waals surface area contributed by atoms with Gasteiger partial charge in [0, 0.05) is 0 Å². The van der Waals surface area contributed by atoms with Gasteiger partial charge in [0.1, 0.15) is 5.82 Å². The molecule has 1 aromatic carbocycles. The van der Waals surface area contributed by atoms with Gasteiger partial charge in [0.25, 0.3) is 10.0 Å². The maximum absolute atomic E-state index is 13.5. The minimum atomic E-state index is -4.34. The number of hydrogen-bond donors (Lipinski definition) is 2. The zero-order valence-corrected chi connectivity index (χ0v) is 11.2. The Morgan fingerprint density at radius 3 is 2.57 bits per heavy atom. The highest BCUT2D eigenvalue weighted by molar-refractivity contribution is 7.92. The van der Waals surface area contributed by atoms with Crippen molar-refractivity contribution in [1.82, 2.24) is 4.98 Å². The topological polar surface area (TPSA) is 128 Å². The van der Waals surface area contributed by atoms with Crippen LogP contribution in [0.4, 0.5) is 21.6 Å². The molecule has 10 heteroatoms. The quantitative estimate of drug-likeness (QED) is 0.650. The van der Waals surface area contributed by atoms with Gasteiger partial charge >= 0.3 is 5.69 Å². The smallest absolute Gasteiger partial charge is 0.325 e. The number of nitro groups is 1. The summed E-state index contributed by atoms with van der Waals surface area (Å²) in [6.07, 6.45) is 1.14. The number of nitrogens with one attached hydrogen (secondary N) is 1. The van der Waals surface area contributed by atoms with E-state index in [0.717, 1.165) is 24.4 Å². The van der Waals surface area contributed by atoms with Crippen LogP contribution in [0.2, 0.25) is 0 Å². The molecule has 3 N–H and O–H groups in total. The molecule has 0 spiro atoms. The molecule has 0 aliphatic rings. The van der Waals surface area contributed by atoms with Crippen LogP contribution in [0, 0.1) is 15.9 Å². The Labute approximate surface area is 118 Å². The number of rotatable bonds is 4. The van der Waals surface area contributed by atoms with E-state index >= 15 is 0 Å². The van der Waals surface area contributed by atoms with E-state index < -0.39 is 31.3 Å². The van der Waals surface area contributed by atoms with Crippen LogP contribution in [0.15, 0.2) is 41.4 Å². The second kappa shape index (κ2) is 5.32. The lowest BCUT2D eigenvalue weighted by molar-refractivity contribution is -0.390. The fraction of sp³-hybridized carbons (Fsp3) is 0. The molecule has 1 heterocycles. The summed E-state index contributed by atoms with van der Waals surface area (Å²) in [5, 5.41) is 10.8. The van der Waals surface area contributed by atoms with Gasteiger partial charge in [-0.25, -0.2) is 13.4 Å². The van der Waals surface area contributed by atoms with E-state index in [0.29, 0.717) is 0 Å². The number of nitrogens with zero attached hydrogens (tertiary/aromatic N) is 2. The molecule has 0 unspecified atom stereocenters. The molecule has 110 valence electrons. The predicted octanol–water partition coefficient (Wildman–Crippen LogP) is 1.51. The van der Waals surface area contributed by atoms with Crippen molar-refractivity contribution in [2.45, 2.75) is 4.90 Å². The molecule has 0 aliphatic heterocycles. The molecule has 0 fully saturated rings. The first-order chi connectivity index (χ1) is 9.81. The van der Waals surface area contributed by atoms with Crippen LogP contribution in [0.5, 0.6) is 0 Å². The number of sulfonamides is 1. The van der Waals surface area contributed by atoms with E-state index in [2.05, 4.69) is 9.71 Å². The fourth-order valence-corrected chi connectivity index (χ4v) is 2.79. The number of nitrogens with two attached hydrogens (primary N) is 1. The fourth-order valence-electron chi connectivity index (χ4n) is 1.57. The van der Waals surface area contributed by atoms with Crippen molar-refractivity contribution in [3.05, 3.63) is 52.5 Å². The lowest BCUT2D eigenvalue weighted by atomic mass is 10.3. The third-order valence-electron chi connectivity index (χ3n) is 2.46. The second-order valence-electron chi connectivity index (χ2n) is 3.92. The SMILES string of the molecule is Nc1ccc(NS(=O)(=O)c2cccc(F)c2[N+](=O)[O-])cn1. The molecular formula is C11H9FN4O4S. The Hall–Kier alpha value is -2.75. The Kier molecular flexibility index (Phi) is 3.72. The maximum Gasteiger partial charge on any atom is 0.325 e. The van der Waals surface area contributed by atoms with Crippen LogP contribution in [-0.2, 0) is 10.0 Å². The summed E-state index contributed by atoms with van der Waals surface area (Å²) in [4.78, 5) is 12.6. The highest BCUT2D eigenvalue weighted by atomic mass is 32.2. The number of anilines is 2. The van der Waals surface area contributed by atoms with Gasteiger partial charge < -0.3 is 5.73 Å². The van der Waals surface area contributed by atoms with Crippen molar-refractivity contribution in [2.24, 2.45) is 0 Å². The summed E-state index contributed by atoms with van der Waals surface area (Å²) < 4.78 is 39.8. The number of nitro benzene ring substituents is 1.